The van der Waals surface area contributed by atoms with Gasteiger partial charge in [-0.3, -0.25) is 13.9 Å². The molecule has 34 heavy (non-hydrogen) atoms. The molecule has 0 radical (unpaired) electrons. The number of unbranched alkanes of at least 4 members (excludes halogenated alkanes) is 4. The van der Waals surface area contributed by atoms with E-state index >= 15 is 0 Å². The van der Waals surface area contributed by atoms with Crippen molar-refractivity contribution >= 4 is 56.4 Å². The first kappa shape index (κ1) is 22.8. The van der Waals surface area contributed by atoms with Crippen molar-refractivity contribution in [3.63, 3.8) is 0 Å². The molecule has 8 heteroatoms. The minimum absolute atomic E-state index is 0.0913. The average Bonchev–Trinajstić information content (AvgIpc) is 3.13. The normalized spacial score (nSPS) is 11.8. The zero-order chi connectivity index (χ0) is 23.8. The molecule has 0 bridgehead atoms. The van der Waals surface area contributed by atoms with Crippen molar-refractivity contribution in [2.75, 3.05) is 0 Å². The van der Waals surface area contributed by atoms with Gasteiger partial charge in [0.1, 0.15) is 16.7 Å². The summed E-state index contributed by atoms with van der Waals surface area (Å²) in [5, 5.41) is 1.34. The van der Waals surface area contributed by atoms with Gasteiger partial charge >= 0.3 is 0 Å². The Morgan fingerprint density at radius 1 is 0.853 bits per heavy atom. The van der Waals surface area contributed by atoms with Gasteiger partial charge in [-0.05, 0) is 43.7 Å². The van der Waals surface area contributed by atoms with E-state index in [1.165, 1.54) is 19.3 Å². The molecule has 0 aliphatic heterocycles. The molecule has 3 aromatic heterocycles. The highest BCUT2D eigenvalue weighted by Crippen LogP contribution is 2.31. The van der Waals surface area contributed by atoms with Gasteiger partial charge < -0.3 is 0 Å². The molecule has 3 heterocycles. The summed E-state index contributed by atoms with van der Waals surface area (Å²) >= 11 is 12.5. The minimum Gasteiger partial charge on any atom is -0.296 e. The molecule has 0 saturated heterocycles. The fraction of sp³-hybridized carbons (Fsp3) is 0.308. The number of hydrogen-bond donors (Lipinski definition) is 0. The molecule has 0 N–H and O–H groups in total. The molecule has 0 aliphatic carbocycles. The van der Waals surface area contributed by atoms with Crippen LogP contribution in [0.4, 0.5) is 0 Å². The van der Waals surface area contributed by atoms with Gasteiger partial charge in [0.25, 0.3) is 5.56 Å². The lowest BCUT2D eigenvalue weighted by Crippen LogP contribution is -2.24. The molecule has 5 rings (SSSR count). The molecule has 174 valence electrons. The maximum absolute atomic E-state index is 13.8. The number of nitrogens with zero attached hydrogens (tertiary/aromatic N) is 5. The van der Waals surface area contributed by atoms with Crippen molar-refractivity contribution in [1.29, 1.82) is 0 Å². The van der Waals surface area contributed by atoms with Crippen LogP contribution in [0.25, 0.3) is 38.9 Å². The largest absolute Gasteiger partial charge is 0.296 e. The number of hydrogen-bond acceptors (Lipinski definition) is 4. The lowest BCUT2D eigenvalue weighted by atomic mass is 10.1. The minimum atomic E-state index is -0.0913. The van der Waals surface area contributed by atoms with Crippen LogP contribution in [0.15, 0.2) is 47.3 Å². The first-order valence-electron chi connectivity index (χ1n) is 11.6. The lowest BCUT2D eigenvalue weighted by Gasteiger charge is -2.11. The Kier molecular flexibility index (Phi) is 6.28. The number of aryl methyl sites for hydroxylation is 1. The van der Waals surface area contributed by atoms with Gasteiger partial charge in [0.2, 0.25) is 0 Å². The molecule has 0 amide bonds. The maximum Gasteiger partial charge on any atom is 0.265 e. The summed E-state index contributed by atoms with van der Waals surface area (Å²) in [5.74, 6) is 0.668. The Hall–Kier alpha value is -2.96. The van der Waals surface area contributed by atoms with Crippen molar-refractivity contribution < 1.29 is 0 Å². The summed E-state index contributed by atoms with van der Waals surface area (Å²) in [7, 11) is 0. The maximum atomic E-state index is 13.8. The second-order valence-electron chi connectivity index (χ2n) is 8.55. The van der Waals surface area contributed by atoms with Crippen molar-refractivity contribution in [2.45, 2.75) is 52.5 Å². The van der Waals surface area contributed by atoms with E-state index in [0.29, 0.717) is 44.6 Å². The topological polar surface area (TPSA) is 65.6 Å². The first-order chi connectivity index (χ1) is 16.5. The number of fused-ring (bicyclic) bond motifs is 4. The summed E-state index contributed by atoms with van der Waals surface area (Å²) in [6.07, 6.45) is 5.60. The summed E-state index contributed by atoms with van der Waals surface area (Å²) in [5.41, 5.74) is 3.73. The average molecular weight is 494 g/mol. The van der Waals surface area contributed by atoms with E-state index < -0.39 is 0 Å². The molecular formula is C26H25Cl2N5O. The second-order valence-corrected chi connectivity index (χ2v) is 9.36. The van der Waals surface area contributed by atoms with Gasteiger partial charge in [0, 0.05) is 6.54 Å². The van der Waals surface area contributed by atoms with E-state index in [0.717, 1.165) is 29.6 Å². The highest BCUT2D eigenvalue weighted by atomic mass is 35.5. The lowest BCUT2D eigenvalue weighted by molar-refractivity contribution is 0.546. The number of benzene rings is 2. The van der Waals surface area contributed by atoms with Gasteiger partial charge in [-0.25, -0.2) is 15.0 Å². The molecule has 2 aromatic carbocycles. The first-order valence-corrected chi connectivity index (χ1v) is 12.4. The van der Waals surface area contributed by atoms with Crippen molar-refractivity contribution in [3.05, 3.63) is 68.7 Å². The Morgan fingerprint density at radius 3 is 2.32 bits per heavy atom. The summed E-state index contributed by atoms with van der Waals surface area (Å²) in [6, 6.07) is 13.0. The zero-order valence-electron chi connectivity index (χ0n) is 19.2. The van der Waals surface area contributed by atoms with Gasteiger partial charge in [-0.2, -0.15) is 0 Å². The summed E-state index contributed by atoms with van der Waals surface area (Å²) in [4.78, 5) is 28.4. The Balaban J connectivity index is 1.78. The van der Waals surface area contributed by atoms with Gasteiger partial charge in [0.15, 0.2) is 11.3 Å². The summed E-state index contributed by atoms with van der Waals surface area (Å²) < 4.78 is 3.62. The van der Waals surface area contributed by atoms with E-state index in [4.69, 9.17) is 38.2 Å². The SMILES string of the molecule is CCCCCCCn1c(C)nc2c(c1=O)c1nc3ccccc3nc1n2-c1ccc(Cl)c(Cl)c1. The van der Waals surface area contributed by atoms with E-state index in [1.807, 2.05) is 41.8 Å². The van der Waals surface area contributed by atoms with Gasteiger partial charge in [-0.1, -0.05) is 67.9 Å². The molecule has 0 spiro atoms. The molecule has 0 fully saturated rings. The highest BCUT2D eigenvalue weighted by molar-refractivity contribution is 6.42. The van der Waals surface area contributed by atoms with Crippen LogP contribution in [0.2, 0.25) is 10.0 Å². The second kappa shape index (κ2) is 9.35. The Morgan fingerprint density at radius 2 is 1.59 bits per heavy atom. The number of para-hydroxylation sites is 2. The zero-order valence-corrected chi connectivity index (χ0v) is 20.7. The van der Waals surface area contributed by atoms with Crippen LogP contribution in [0.3, 0.4) is 0 Å². The van der Waals surface area contributed by atoms with Crippen molar-refractivity contribution in [2.24, 2.45) is 0 Å². The molecule has 0 atom stereocenters. The van der Waals surface area contributed by atoms with E-state index in [2.05, 4.69) is 6.92 Å². The van der Waals surface area contributed by atoms with Crippen molar-refractivity contribution in [3.8, 4) is 5.69 Å². The van der Waals surface area contributed by atoms with Crippen LogP contribution in [-0.2, 0) is 6.54 Å². The molecule has 0 unspecified atom stereocenters. The number of aromatic nitrogens is 5. The molecule has 0 aliphatic rings. The predicted molar refractivity (Wildman–Crippen MR) is 139 cm³/mol. The summed E-state index contributed by atoms with van der Waals surface area (Å²) in [6.45, 7) is 4.71. The molecule has 0 saturated carbocycles. The fourth-order valence-electron chi connectivity index (χ4n) is 4.44. The fourth-order valence-corrected chi connectivity index (χ4v) is 4.73. The van der Waals surface area contributed by atoms with Crippen LogP contribution in [0, 0.1) is 6.92 Å². The van der Waals surface area contributed by atoms with Crippen LogP contribution in [0.5, 0.6) is 0 Å². The monoisotopic (exact) mass is 493 g/mol. The van der Waals surface area contributed by atoms with Crippen LogP contribution >= 0.6 is 23.2 Å². The van der Waals surface area contributed by atoms with Crippen molar-refractivity contribution in [1.82, 2.24) is 24.1 Å². The Bertz CT molecular complexity index is 1590. The Labute approximate surface area is 207 Å². The van der Waals surface area contributed by atoms with E-state index in [-0.39, 0.29) is 5.56 Å². The van der Waals surface area contributed by atoms with E-state index in [9.17, 15) is 4.79 Å². The number of rotatable bonds is 7. The smallest absolute Gasteiger partial charge is 0.265 e. The van der Waals surface area contributed by atoms with Gasteiger partial charge in [0.05, 0.1) is 26.8 Å². The van der Waals surface area contributed by atoms with E-state index in [1.54, 1.807) is 16.7 Å². The third kappa shape index (κ3) is 3.95. The molecular weight excluding hydrogens is 469 g/mol. The van der Waals surface area contributed by atoms with Crippen LogP contribution < -0.4 is 5.56 Å². The van der Waals surface area contributed by atoms with Crippen LogP contribution in [0.1, 0.15) is 44.9 Å². The standard InChI is InChI=1S/C26H25Cl2N5O/c1-3-4-5-6-9-14-32-16(2)29-24-22(26(32)34)23-25(31-21-11-8-7-10-20(21)30-23)33(24)17-12-13-18(27)19(28)15-17/h7-8,10-13,15H,3-6,9,14H2,1-2H3. The third-order valence-electron chi connectivity index (χ3n) is 6.20. The van der Waals surface area contributed by atoms with Gasteiger partial charge in [-0.15, -0.1) is 0 Å². The molecule has 5 aromatic rings. The molecule has 6 nitrogen and oxygen atoms in total. The van der Waals surface area contributed by atoms with Crippen LogP contribution in [-0.4, -0.2) is 24.1 Å². The number of halogens is 2. The predicted octanol–water partition coefficient (Wildman–Crippen LogP) is 6.87. The highest BCUT2D eigenvalue weighted by Gasteiger charge is 2.22. The third-order valence-corrected chi connectivity index (χ3v) is 6.94. The quantitative estimate of drug-likeness (QED) is 0.232.